The van der Waals surface area contributed by atoms with Gasteiger partial charge in [-0.05, 0) is 6.16 Å². The molecule has 1 saturated heterocycles. The topological polar surface area (TPSA) is 18.5 Å². The van der Waals surface area contributed by atoms with E-state index in [1.165, 1.54) is 6.16 Å². The maximum Gasteiger partial charge on any atom is 0.312 e. The zero-order valence-corrected chi connectivity index (χ0v) is 5.23. The molecule has 6 heavy (non-hydrogen) atoms. The molecule has 34 valence electrons. The number of rotatable bonds is 0. The van der Waals surface area contributed by atoms with E-state index in [1.54, 1.807) is 0 Å². The van der Waals surface area contributed by atoms with Crippen LogP contribution < -0.4 is 0 Å². The highest BCUT2D eigenvalue weighted by atomic mass is 31.3. The van der Waals surface area contributed by atoms with Crippen molar-refractivity contribution in [3.05, 3.63) is 0 Å². The Hall–Kier alpha value is 0.567. The zero-order chi connectivity index (χ0) is 4.24. The molecule has 1 aliphatic rings. The molecule has 2 radical (unpaired) electrons. The minimum Gasteiger partial charge on any atom is -0.282 e. The predicted molar refractivity (Wildman–Crippen MR) is 26.0 cm³/mol. The van der Waals surface area contributed by atoms with Crippen LogP contribution in [0.15, 0.2) is 0 Å². The van der Waals surface area contributed by atoms with E-state index in [1.807, 2.05) is 0 Å². The van der Waals surface area contributed by atoms with Crippen LogP contribution in [0.1, 0.15) is 0 Å². The lowest BCUT2D eigenvalue weighted by molar-refractivity contribution is -0.202. The van der Waals surface area contributed by atoms with Crippen LogP contribution in [-0.4, -0.2) is 22.2 Å². The average Bonchev–Trinajstić information content (AvgIpc) is 1.72. The van der Waals surface area contributed by atoms with Gasteiger partial charge in [0.05, 0.1) is 6.61 Å². The summed E-state index contributed by atoms with van der Waals surface area (Å²) in [5.74, 6) is 0. The van der Waals surface area contributed by atoms with Gasteiger partial charge >= 0.3 is 9.43 Å². The standard InChI is InChI=1S/C2H5O2PSi/c1-2-5-6-4-3-1/h5H,1-2H2. The Morgan fingerprint density at radius 2 is 2.67 bits per heavy atom. The Morgan fingerprint density at radius 3 is 2.83 bits per heavy atom. The van der Waals surface area contributed by atoms with Crippen molar-refractivity contribution in [1.82, 2.24) is 0 Å². The van der Waals surface area contributed by atoms with Gasteiger partial charge in [-0.2, -0.15) is 0 Å². The summed E-state index contributed by atoms with van der Waals surface area (Å²) < 4.78 is 4.61. The van der Waals surface area contributed by atoms with E-state index in [0.29, 0.717) is 9.43 Å². The van der Waals surface area contributed by atoms with Gasteiger partial charge in [0.2, 0.25) is 0 Å². The van der Waals surface area contributed by atoms with E-state index < -0.39 is 0 Å². The van der Waals surface area contributed by atoms with Crippen LogP contribution in [0.25, 0.3) is 0 Å². The third-order valence-corrected chi connectivity index (χ3v) is 2.72. The monoisotopic (exact) mass is 120 g/mol. The smallest absolute Gasteiger partial charge is 0.282 e. The molecule has 1 atom stereocenters. The van der Waals surface area contributed by atoms with Crippen molar-refractivity contribution in [2.45, 2.75) is 0 Å². The van der Waals surface area contributed by atoms with E-state index in [4.69, 9.17) is 0 Å². The van der Waals surface area contributed by atoms with E-state index in [9.17, 15) is 0 Å². The highest BCUT2D eigenvalue weighted by Gasteiger charge is 1.98. The van der Waals surface area contributed by atoms with E-state index in [2.05, 4.69) is 9.46 Å². The van der Waals surface area contributed by atoms with Crippen LogP contribution in [0.4, 0.5) is 0 Å². The van der Waals surface area contributed by atoms with Gasteiger partial charge in [-0.1, -0.05) is 0 Å². The largest absolute Gasteiger partial charge is 0.312 e. The van der Waals surface area contributed by atoms with Crippen molar-refractivity contribution in [2.24, 2.45) is 0 Å². The summed E-state index contributed by atoms with van der Waals surface area (Å²) in [4.78, 5) is 4.59. The summed E-state index contributed by atoms with van der Waals surface area (Å²) in [7, 11) is 1.59. The number of hydrogen-bond donors (Lipinski definition) is 0. The molecule has 0 amide bonds. The van der Waals surface area contributed by atoms with Gasteiger partial charge in [0, 0.05) is 0 Å². The summed E-state index contributed by atoms with van der Waals surface area (Å²) in [5.41, 5.74) is 0. The van der Waals surface area contributed by atoms with Gasteiger partial charge in [0.1, 0.15) is 0 Å². The van der Waals surface area contributed by atoms with E-state index in [-0.39, 0.29) is 0 Å². The van der Waals surface area contributed by atoms with Gasteiger partial charge in [0.15, 0.2) is 0 Å². The fourth-order valence-corrected chi connectivity index (χ4v) is 1.70. The normalized spacial score (nSPS) is 28.0. The molecule has 0 bridgehead atoms. The Labute approximate surface area is 40.7 Å². The van der Waals surface area contributed by atoms with Crippen molar-refractivity contribution >= 4 is 17.6 Å². The molecule has 0 aliphatic carbocycles. The molecule has 0 spiro atoms. The van der Waals surface area contributed by atoms with Gasteiger partial charge < -0.3 is 0 Å². The molecule has 0 saturated carbocycles. The van der Waals surface area contributed by atoms with Crippen LogP contribution in [0.5, 0.6) is 0 Å². The predicted octanol–water partition coefficient (Wildman–Crippen LogP) is 0.161. The quantitative estimate of drug-likeness (QED) is 0.257. The van der Waals surface area contributed by atoms with Crippen molar-refractivity contribution in [3.63, 3.8) is 0 Å². The second-order valence-electron chi connectivity index (χ2n) is 0.934. The summed E-state index contributed by atoms with van der Waals surface area (Å²) in [6.45, 7) is 0.797. The first-order valence-electron chi connectivity index (χ1n) is 1.76. The maximum absolute atomic E-state index is 4.61. The lowest BCUT2D eigenvalue weighted by Gasteiger charge is -2.06. The minimum atomic E-state index is 0.607. The Bertz CT molecular complexity index is 27.0. The molecule has 0 N–H and O–H groups in total. The first-order valence-corrected chi connectivity index (χ1v) is 4.88. The molecular weight excluding hydrogens is 115 g/mol. The highest BCUT2D eigenvalue weighted by Crippen LogP contribution is 2.10. The van der Waals surface area contributed by atoms with Gasteiger partial charge in [-0.15, -0.1) is 8.13 Å². The average molecular weight is 120 g/mol. The Kier molecular flexibility index (Phi) is 2.12. The molecular formula is C2H5O2PSi. The third-order valence-electron chi connectivity index (χ3n) is 0.483. The molecule has 2 nitrogen and oxygen atoms in total. The summed E-state index contributed by atoms with van der Waals surface area (Å²) in [6, 6.07) is 0. The van der Waals surface area contributed by atoms with Crippen LogP contribution >= 0.6 is 8.13 Å². The van der Waals surface area contributed by atoms with Gasteiger partial charge in [-0.25, -0.2) is 4.89 Å². The van der Waals surface area contributed by atoms with Crippen molar-refractivity contribution < 1.29 is 9.46 Å². The Balaban J connectivity index is 2.00. The summed E-state index contributed by atoms with van der Waals surface area (Å²) in [6.07, 6.45) is 1.19. The molecule has 1 unspecified atom stereocenters. The van der Waals surface area contributed by atoms with Gasteiger partial charge in [-0.3, -0.25) is 4.58 Å². The lowest BCUT2D eigenvalue weighted by Crippen LogP contribution is -2.06. The first kappa shape index (κ1) is 4.72. The van der Waals surface area contributed by atoms with Crippen molar-refractivity contribution in [3.8, 4) is 0 Å². The zero-order valence-electron chi connectivity index (χ0n) is 3.23. The Morgan fingerprint density at radius 1 is 1.67 bits per heavy atom. The van der Waals surface area contributed by atoms with Crippen LogP contribution in [-0.2, 0) is 9.46 Å². The molecule has 4 heteroatoms. The first-order chi connectivity index (χ1) is 3.00. The van der Waals surface area contributed by atoms with Crippen LogP contribution in [0, 0.1) is 0 Å². The maximum atomic E-state index is 4.61. The molecule has 0 aromatic heterocycles. The second kappa shape index (κ2) is 2.69. The molecule has 0 aromatic rings. The van der Waals surface area contributed by atoms with Crippen molar-refractivity contribution in [2.75, 3.05) is 12.8 Å². The molecule has 1 rings (SSSR count). The SMILES string of the molecule is C1CP[Si]OO1. The molecule has 1 heterocycles. The lowest BCUT2D eigenvalue weighted by atomic mass is 10.9. The third kappa shape index (κ3) is 1.35. The minimum absolute atomic E-state index is 0.607. The fraction of sp³-hybridized carbons (Fsp3) is 1.00. The second-order valence-corrected chi connectivity index (χ2v) is 3.83. The van der Waals surface area contributed by atoms with Gasteiger partial charge in [0.25, 0.3) is 0 Å². The van der Waals surface area contributed by atoms with E-state index >= 15 is 0 Å². The van der Waals surface area contributed by atoms with Crippen molar-refractivity contribution in [1.29, 1.82) is 0 Å². The fourth-order valence-electron chi connectivity index (χ4n) is 0.244. The number of hydrogen-bond acceptors (Lipinski definition) is 2. The summed E-state index contributed by atoms with van der Waals surface area (Å²) in [5, 5.41) is 0. The molecule has 1 aliphatic heterocycles. The van der Waals surface area contributed by atoms with E-state index in [0.717, 1.165) is 14.7 Å². The molecule has 0 aromatic carbocycles. The van der Waals surface area contributed by atoms with Crippen LogP contribution in [0.3, 0.4) is 0 Å². The molecule has 1 fully saturated rings. The summed E-state index contributed by atoms with van der Waals surface area (Å²) >= 11 is 0. The highest BCUT2D eigenvalue weighted by molar-refractivity contribution is 7.69. The van der Waals surface area contributed by atoms with Crippen LogP contribution in [0.2, 0.25) is 0 Å².